The van der Waals surface area contributed by atoms with Crippen molar-refractivity contribution in [3.05, 3.63) is 69.1 Å². The van der Waals surface area contributed by atoms with Crippen molar-refractivity contribution >= 4 is 5.69 Å². The monoisotopic (exact) mass is 506 g/mol. The van der Waals surface area contributed by atoms with Crippen LogP contribution in [0.5, 0.6) is 5.75 Å². The van der Waals surface area contributed by atoms with Crippen molar-refractivity contribution in [3.8, 4) is 16.9 Å². The zero-order chi connectivity index (χ0) is 26.4. The van der Waals surface area contributed by atoms with E-state index in [1.807, 2.05) is 19.1 Å². The minimum Gasteiger partial charge on any atom is -0.491 e. The number of hydrogen-bond acceptors (Lipinski definition) is 5. The van der Waals surface area contributed by atoms with Gasteiger partial charge in [-0.15, -0.1) is 0 Å². The standard InChI is InChI=1S/C30H42N4O3/c1-5-34(26-11-9-25(31-4)10-12-26)29-19-24(22-6-13-27(14-7-22)37-17-16-35)18-23(20(29)2)8-15-28-21(3)32-33-30(28)36/h6-7,13-14,18-19,25-26,31,35H,5,8-12,15-17H2,1-4H3,(H2,32,33,36)/t25-,26-. The van der Waals surface area contributed by atoms with Crippen LogP contribution in [0.2, 0.25) is 0 Å². The smallest absolute Gasteiger partial charge is 0.267 e. The molecule has 1 saturated carbocycles. The highest BCUT2D eigenvalue weighted by Gasteiger charge is 2.26. The highest BCUT2D eigenvalue weighted by molar-refractivity contribution is 5.73. The molecular weight excluding hydrogens is 464 g/mol. The molecule has 0 atom stereocenters. The molecule has 3 aromatic rings. The molecule has 4 rings (SSSR count). The highest BCUT2D eigenvalue weighted by atomic mass is 16.5. The number of nitrogens with one attached hydrogen (secondary N) is 3. The number of aliphatic hydroxyl groups is 1. The number of benzene rings is 2. The zero-order valence-corrected chi connectivity index (χ0v) is 22.7. The fourth-order valence-electron chi connectivity index (χ4n) is 5.72. The second-order valence-corrected chi connectivity index (χ2v) is 10.1. The molecule has 0 aliphatic heterocycles. The van der Waals surface area contributed by atoms with Crippen LogP contribution >= 0.6 is 0 Å². The van der Waals surface area contributed by atoms with Gasteiger partial charge in [-0.25, -0.2) is 0 Å². The number of rotatable bonds is 11. The first-order valence-electron chi connectivity index (χ1n) is 13.6. The summed E-state index contributed by atoms with van der Waals surface area (Å²) >= 11 is 0. The minimum absolute atomic E-state index is 0.00102. The average molecular weight is 507 g/mol. The van der Waals surface area contributed by atoms with Gasteiger partial charge in [0, 0.05) is 35.6 Å². The summed E-state index contributed by atoms with van der Waals surface area (Å²) in [7, 11) is 2.07. The molecule has 1 aliphatic rings. The Morgan fingerprint density at radius 1 is 1.03 bits per heavy atom. The molecule has 200 valence electrons. The van der Waals surface area contributed by atoms with Crippen LogP contribution in [0.15, 0.2) is 41.2 Å². The van der Waals surface area contributed by atoms with E-state index in [1.165, 1.54) is 48.1 Å². The van der Waals surface area contributed by atoms with Gasteiger partial charge in [0.2, 0.25) is 0 Å². The maximum atomic E-state index is 12.3. The first-order chi connectivity index (χ1) is 17.9. The van der Waals surface area contributed by atoms with E-state index in [-0.39, 0.29) is 18.8 Å². The molecule has 1 fully saturated rings. The van der Waals surface area contributed by atoms with Gasteiger partial charge >= 0.3 is 0 Å². The molecule has 0 amide bonds. The van der Waals surface area contributed by atoms with E-state index in [9.17, 15) is 4.79 Å². The topological polar surface area (TPSA) is 93.4 Å². The van der Waals surface area contributed by atoms with Crippen molar-refractivity contribution in [2.75, 3.05) is 31.7 Å². The van der Waals surface area contributed by atoms with Crippen LogP contribution in [-0.2, 0) is 12.8 Å². The molecule has 7 heteroatoms. The molecule has 1 aromatic heterocycles. The summed E-state index contributed by atoms with van der Waals surface area (Å²) in [6, 6.07) is 13.9. The average Bonchev–Trinajstić information content (AvgIpc) is 3.25. The molecule has 0 unspecified atom stereocenters. The Morgan fingerprint density at radius 3 is 2.35 bits per heavy atom. The lowest BCUT2D eigenvalue weighted by atomic mass is 9.88. The lowest BCUT2D eigenvalue weighted by Crippen LogP contribution is -2.42. The maximum Gasteiger partial charge on any atom is 0.267 e. The summed E-state index contributed by atoms with van der Waals surface area (Å²) < 4.78 is 5.57. The number of ether oxygens (including phenoxy) is 1. The number of anilines is 1. The number of aromatic nitrogens is 2. The summed E-state index contributed by atoms with van der Waals surface area (Å²) in [5.41, 5.74) is 7.88. The molecule has 1 heterocycles. The predicted molar refractivity (Wildman–Crippen MR) is 151 cm³/mol. The summed E-state index contributed by atoms with van der Waals surface area (Å²) in [6.45, 7) is 7.68. The third kappa shape index (κ3) is 6.28. The van der Waals surface area contributed by atoms with Gasteiger partial charge in [0.25, 0.3) is 5.56 Å². The Hall–Kier alpha value is -3.03. The number of H-pyrrole nitrogens is 2. The number of hydrogen-bond donors (Lipinski definition) is 4. The number of nitrogens with zero attached hydrogens (tertiary/aromatic N) is 1. The lowest BCUT2D eigenvalue weighted by Gasteiger charge is -2.39. The van der Waals surface area contributed by atoms with Crippen LogP contribution in [0.4, 0.5) is 5.69 Å². The van der Waals surface area contributed by atoms with E-state index < -0.39 is 0 Å². The predicted octanol–water partition coefficient (Wildman–Crippen LogP) is 4.50. The van der Waals surface area contributed by atoms with Gasteiger partial charge in [0.1, 0.15) is 12.4 Å². The molecule has 37 heavy (non-hydrogen) atoms. The molecule has 0 radical (unpaired) electrons. The number of aliphatic hydroxyl groups excluding tert-OH is 1. The van der Waals surface area contributed by atoms with E-state index in [4.69, 9.17) is 9.84 Å². The van der Waals surface area contributed by atoms with Gasteiger partial charge in [0.05, 0.1) is 6.61 Å². The molecule has 4 N–H and O–H groups in total. The maximum absolute atomic E-state index is 12.3. The van der Waals surface area contributed by atoms with Crippen molar-refractivity contribution in [2.45, 2.75) is 71.4 Å². The van der Waals surface area contributed by atoms with Crippen molar-refractivity contribution in [1.29, 1.82) is 0 Å². The van der Waals surface area contributed by atoms with Crippen LogP contribution in [0.1, 0.15) is 55.0 Å². The Morgan fingerprint density at radius 2 is 1.76 bits per heavy atom. The first-order valence-corrected chi connectivity index (χ1v) is 13.6. The SMILES string of the molecule is CCN(c1cc(-c2ccc(OCCO)cc2)cc(CCc2c(C)[nH][nH]c2=O)c1C)[C@H]1CC[C@H](NC)CC1. The summed E-state index contributed by atoms with van der Waals surface area (Å²) in [4.78, 5) is 14.9. The number of aromatic amines is 2. The van der Waals surface area contributed by atoms with Crippen molar-refractivity contribution < 1.29 is 9.84 Å². The van der Waals surface area contributed by atoms with E-state index in [0.717, 1.165) is 35.5 Å². The molecule has 0 saturated heterocycles. The molecule has 1 aliphatic carbocycles. The van der Waals surface area contributed by atoms with Crippen LogP contribution in [-0.4, -0.2) is 54.2 Å². The van der Waals surface area contributed by atoms with Crippen molar-refractivity contribution in [2.24, 2.45) is 0 Å². The minimum atomic E-state index is -0.0264. The molecule has 7 nitrogen and oxygen atoms in total. The largest absolute Gasteiger partial charge is 0.491 e. The Kier molecular flexibility index (Phi) is 9.11. The summed E-state index contributed by atoms with van der Waals surface area (Å²) in [6.07, 6.45) is 6.28. The lowest BCUT2D eigenvalue weighted by molar-refractivity contribution is 0.201. The van der Waals surface area contributed by atoms with Crippen LogP contribution in [0, 0.1) is 13.8 Å². The summed E-state index contributed by atoms with van der Waals surface area (Å²) in [5.74, 6) is 0.754. The van der Waals surface area contributed by atoms with E-state index in [1.54, 1.807) is 0 Å². The molecule has 0 bridgehead atoms. The van der Waals surface area contributed by atoms with Gasteiger partial charge < -0.3 is 25.2 Å². The number of aryl methyl sites for hydroxylation is 2. The van der Waals surface area contributed by atoms with Gasteiger partial charge in [-0.05, 0) is 107 Å². The Balaban J connectivity index is 1.69. The van der Waals surface area contributed by atoms with Crippen LogP contribution in [0.3, 0.4) is 0 Å². The van der Waals surface area contributed by atoms with Crippen molar-refractivity contribution in [1.82, 2.24) is 15.5 Å². The third-order valence-corrected chi connectivity index (χ3v) is 7.97. The highest BCUT2D eigenvalue weighted by Crippen LogP contribution is 2.36. The van der Waals surface area contributed by atoms with E-state index in [2.05, 4.69) is 65.6 Å². The fraction of sp³-hybridized carbons (Fsp3) is 0.500. The fourth-order valence-corrected chi connectivity index (χ4v) is 5.72. The van der Waals surface area contributed by atoms with E-state index >= 15 is 0 Å². The first kappa shape index (κ1) is 27.0. The van der Waals surface area contributed by atoms with Gasteiger partial charge in [0.15, 0.2) is 0 Å². The molecule has 2 aromatic carbocycles. The summed E-state index contributed by atoms with van der Waals surface area (Å²) in [5, 5.41) is 18.2. The second kappa shape index (κ2) is 12.5. The van der Waals surface area contributed by atoms with Crippen LogP contribution in [0.25, 0.3) is 11.1 Å². The molecular formula is C30H42N4O3. The van der Waals surface area contributed by atoms with Gasteiger partial charge in [-0.1, -0.05) is 18.2 Å². The van der Waals surface area contributed by atoms with Crippen LogP contribution < -0.4 is 20.5 Å². The van der Waals surface area contributed by atoms with Gasteiger partial charge in [-0.3, -0.25) is 9.89 Å². The zero-order valence-electron chi connectivity index (χ0n) is 22.7. The molecule has 0 spiro atoms. The third-order valence-electron chi connectivity index (χ3n) is 7.97. The normalized spacial score (nSPS) is 17.6. The quantitative estimate of drug-likeness (QED) is 0.307. The Labute approximate surface area is 220 Å². The Bertz CT molecular complexity index is 1210. The second-order valence-electron chi connectivity index (χ2n) is 10.1. The van der Waals surface area contributed by atoms with E-state index in [0.29, 0.717) is 18.5 Å². The van der Waals surface area contributed by atoms with Gasteiger partial charge in [-0.2, -0.15) is 0 Å². The van der Waals surface area contributed by atoms with Crippen molar-refractivity contribution in [3.63, 3.8) is 0 Å².